The summed E-state index contributed by atoms with van der Waals surface area (Å²) in [6, 6.07) is 8.57. The molecule has 24 heavy (non-hydrogen) atoms. The number of halogens is 1. The Labute approximate surface area is 138 Å². The van der Waals surface area contributed by atoms with Crippen LogP contribution in [-0.2, 0) is 11.2 Å². The second-order valence-electron chi connectivity index (χ2n) is 5.15. The van der Waals surface area contributed by atoms with Gasteiger partial charge < -0.3 is 9.47 Å². The van der Waals surface area contributed by atoms with Gasteiger partial charge in [0, 0.05) is 18.1 Å². The van der Waals surface area contributed by atoms with Gasteiger partial charge in [0.2, 0.25) is 0 Å². The van der Waals surface area contributed by atoms with Gasteiger partial charge >= 0.3 is 5.97 Å². The molecule has 7 heteroatoms. The quantitative estimate of drug-likeness (QED) is 0.349. The van der Waals surface area contributed by atoms with Gasteiger partial charge in [-0.25, -0.2) is 4.39 Å². The predicted octanol–water partition coefficient (Wildman–Crippen LogP) is 3.59. The molecule has 0 spiro atoms. The van der Waals surface area contributed by atoms with E-state index in [-0.39, 0.29) is 23.6 Å². The zero-order chi connectivity index (χ0) is 17.7. The average Bonchev–Trinajstić information content (AvgIpc) is 2.52. The molecular weight excluding hydrogens is 317 g/mol. The van der Waals surface area contributed by atoms with Crippen LogP contribution >= 0.6 is 0 Å². The zero-order valence-corrected chi connectivity index (χ0v) is 13.2. The maximum Gasteiger partial charge on any atom is 0.311 e. The van der Waals surface area contributed by atoms with Crippen molar-refractivity contribution in [3.63, 3.8) is 0 Å². The highest BCUT2D eigenvalue weighted by Gasteiger charge is 2.13. The van der Waals surface area contributed by atoms with Gasteiger partial charge in [-0.2, -0.15) is 0 Å². The normalized spacial score (nSPS) is 10.3. The van der Waals surface area contributed by atoms with Gasteiger partial charge in [-0.05, 0) is 43.2 Å². The molecule has 0 atom stereocenters. The third-order valence-electron chi connectivity index (χ3n) is 3.43. The summed E-state index contributed by atoms with van der Waals surface area (Å²) < 4.78 is 23.5. The van der Waals surface area contributed by atoms with Gasteiger partial charge in [0.1, 0.15) is 5.75 Å². The van der Waals surface area contributed by atoms with Crippen LogP contribution in [0.5, 0.6) is 11.5 Å². The van der Waals surface area contributed by atoms with Crippen LogP contribution < -0.4 is 9.47 Å². The highest BCUT2D eigenvalue weighted by atomic mass is 19.1. The molecule has 0 N–H and O–H groups in total. The van der Waals surface area contributed by atoms with Crippen LogP contribution in [0.2, 0.25) is 0 Å². The molecular formula is C17H16FNO5. The topological polar surface area (TPSA) is 78.7 Å². The molecule has 0 aliphatic heterocycles. The Morgan fingerprint density at radius 1 is 1.25 bits per heavy atom. The maximum atomic E-state index is 13.6. The summed E-state index contributed by atoms with van der Waals surface area (Å²) in [5, 5.41) is 10.7. The second-order valence-corrected chi connectivity index (χ2v) is 5.15. The number of carbonyl (C=O) groups is 1. The Hall–Kier alpha value is -2.96. The average molecular weight is 333 g/mol. The number of hydrogen-bond donors (Lipinski definition) is 0. The summed E-state index contributed by atoms with van der Waals surface area (Å²) in [6.45, 7) is 1.57. The number of ether oxygens (including phenoxy) is 2. The van der Waals surface area contributed by atoms with Crippen molar-refractivity contribution in [2.24, 2.45) is 0 Å². The molecule has 2 rings (SSSR count). The molecule has 2 aromatic rings. The Balaban J connectivity index is 1.95. The number of methoxy groups -OCH3 is 1. The highest BCUT2D eigenvalue weighted by molar-refractivity contribution is 5.73. The molecule has 0 aromatic heterocycles. The van der Waals surface area contributed by atoms with Crippen molar-refractivity contribution in [1.82, 2.24) is 0 Å². The lowest BCUT2D eigenvalue weighted by Crippen LogP contribution is -2.09. The fourth-order valence-electron chi connectivity index (χ4n) is 2.19. The molecule has 126 valence electrons. The van der Waals surface area contributed by atoms with Crippen molar-refractivity contribution in [2.75, 3.05) is 7.11 Å². The van der Waals surface area contributed by atoms with Gasteiger partial charge in [-0.15, -0.1) is 0 Å². The van der Waals surface area contributed by atoms with Crippen LogP contribution in [0.4, 0.5) is 10.1 Å². The Morgan fingerprint density at radius 2 is 2.00 bits per heavy atom. The van der Waals surface area contributed by atoms with E-state index in [2.05, 4.69) is 0 Å². The van der Waals surface area contributed by atoms with Crippen LogP contribution in [0.3, 0.4) is 0 Å². The molecule has 0 heterocycles. The van der Waals surface area contributed by atoms with Crippen molar-refractivity contribution >= 4 is 11.7 Å². The van der Waals surface area contributed by atoms with Crippen LogP contribution in [0.1, 0.15) is 17.5 Å². The van der Waals surface area contributed by atoms with Crippen LogP contribution in [-0.4, -0.2) is 18.0 Å². The smallest absolute Gasteiger partial charge is 0.311 e. The third kappa shape index (κ3) is 4.28. The number of esters is 1. The van der Waals surface area contributed by atoms with Gasteiger partial charge in [0.05, 0.1) is 12.0 Å². The minimum absolute atomic E-state index is 0.0384. The van der Waals surface area contributed by atoms with E-state index in [0.29, 0.717) is 17.5 Å². The number of carbonyl (C=O) groups excluding carboxylic acids is 1. The van der Waals surface area contributed by atoms with Crippen molar-refractivity contribution < 1.29 is 23.6 Å². The van der Waals surface area contributed by atoms with E-state index >= 15 is 0 Å². The maximum absolute atomic E-state index is 13.6. The fraction of sp³-hybridized carbons (Fsp3) is 0.235. The van der Waals surface area contributed by atoms with Crippen LogP contribution in [0, 0.1) is 22.9 Å². The van der Waals surface area contributed by atoms with Crippen molar-refractivity contribution in [2.45, 2.75) is 19.8 Å². The van der Waals surface area contributed by atoms with E-state index in [1.54, 1.807) is 13.0 Å². The first-order valence-corrected chi connectivity index (χ1v) is 7.19. The molecule has 0 amide bonds. The van der Waals surface area contributed by atoms with Gasteiger partial charge in [-0.1, -0.05) is 6.07 Å². The van der Waals surface area contributed by atoms with Crippen molar-refractivity contribution in [3.05, 3.63) is 63.5 Å². The number of rotatable bonds is 6. The fourth-order valence-corrected chi connectivity index (χ4v) is 2.19. The van der Waals surface area contributed by atoms with Gasteiger partial charge in [-0.3, -0.25) is 14.9 Å². The second kappa shape index (κ2) is 7.54. The molecule has 6 nitrogen and oxygen atoms in total. The zero-order valence-electron chi connectivity index (χ0n) is 13.2. The SMILES string of the molecule is COc1ccc(CCC(=O)Oc2ccc([N+](=O)[O-])c(C)c2)cc1F. The molecule has 0 aliphatic carbocycles. The molecule has 0 radical (unpaired) electrons. The summed E-state index contributed by atoms with van der Waals surface area (Å²) >= 11 is 0. The number of hydrogen-bond acceptors (Lipinski definition) is 5. The number of nitro benzene ring substituents is 1. The summed E-state index contributed by atoms with van der Waals surface area (Å²) in [7, 11) is 1.38. The standard InChI is InChI=1S/C17H16FNO5/c1-11-9-13(5-6-15(11)19(21)22)24-17(20)8-4-12-3-7-16(23-2)14(18)10-12/h3,5-7,9-10H,4,8H2,1-2H3. The Morgan fingerprint density at radius 3 is 2.58 bits per heavy atom. The van der Waals surface area contributed by atoms with E-state index in [4.69, 9.17) is 9.47 Å². The molecule has 0 aliphatic rings. The lowest BCUT2D eigenvalue weighted by atomic mass is 10.1. The lowest BCUT2D eigenvalue weighted by molar-refractivity contribution is -0.385. The minimum atomic E-state index is -0.501. The predicted molar refractivity (Wildman–Crippen MR) is 84.7 cm³/mol. The van der Waals surface area contributed by atoms with E-state index in [1.807, 2.05) is 0 Å². The summed E-state index contributed by atoms with van der Waals surface area (Å²) in [5.41, 5.74) is 1.01. The molecule has 0 saturated carbocycles. The van der Waals surface area contributed by atoms with E-state index in [9.17, 15) is 19.3 Å². The van der Waals surface area contributed by atoms with Gasteiger partial charge in [0.15, 0.2) is 11.6 Å². The van der Waals surface area contributed by atoms with Crippen molar-refractivity contribution in [1.29, 1.82) is 0 Å². The highest BCUT2D eigenvalue weighted by Crippen LogP contribution is 2.23. The lowest BCUT2D eigenvalue weighted by Gasteiger charge is -2.07. The number of nitro groups is 1. The Kier molecular flexibility index (Phi) is 5.47. The number of aryl methyl sites for hydroxylation is 2. The first-order valence-electron chi connectivity index (χ1n) is 7.19. The first-order chi connectivity index (χ1) is 11.4. The minimum Gasteiger partial charge on any atom is -0.494 e. The molecule has 0 unspecified atom stereocenters. The van der Waals surface area contributed by atoms with E-state index in [1.165, 1.54) is 37.4 Å². The Bertz CT molecular complexity index is 776. The molecule has 0 saturated heterocycles. The van der Waals surface area contributed by atoms with Crippen LogP contribution in [0.15, 0.2) is 36.4 Å². The largest absolute Gasteiger partial charge is 0.494 e. The number of benzene rings is 2. The summed E-state index contributed by atoms with van der Waals surface area (Å²) in [4.78, 5) is 22.1. The van der Waals surface area contributed by atoms with Crippen molar-refractivity contribution in [3.8, 4) is 11.5 Å². The van der Waals surface area contributed by atoms with Gasteiger partial charge in [0.25, 0.3) is 5.69 Å². The number of nitrogens with zero attached hydrogens (tertiary/aromatic N) is 1. The summed E-state index contributed by atoms with van der Waals surface area (Å²) in [5.74, 6) is -0.611. The third-order valence-corrected chi connectivity index (χ3v) is 3.43. The van der Waals surface area contributed by atoms with E-state index < -0.39 is 16.7 Å². The van der Waals surface area contributed by atoms with Crippen LogP contribution in [0.25, 0.3) is 0 Å². The summed E-state index contributed by atoms with van der Waals surface area (Å²) in [6.07, 6.45) is 0.369. The van der Waals surface area contributed by atoms with E-state index in [0.717, 1.165) is 0 Å². The molecule has 2 aromatic carbocycles. The monoisotopic (exact) mass is 333 g/mol. The molecule has 0 fully saturated rings. The molecule has 0 bridgehead atoms. The first kappa shape index (κ1) is 17.4.